The van der Waals surface area contributed by atoms with Crippen LogP contribution < -0.4 is 10.1 Å². The van der Waals surface area contributed by atoms with E-state index in [1.165, 1.54) is 43.4 Å². The first-order valence-electron chi connectivity index (χ1n) is 13.5. The second kappa shape index (κ2) is 11.1. The lowest BCUT2D eigenvalue weighted by Gasteiger charge is -2.36. The molecule has 3 fully saturated rings. The standard InChI is InChI=1S/C30H35F3N2O3/c1-38-25-11-7-20(8-12-25)13-19-5-9-23(10-6-19)35-17-26-27(18-35)28(26)29(37)34-16-24(36)15-21-3-2-4-22(14-21)30(31,32)33/h2-4,7-8,11-12,14,19,23,26-28H,5-6,9-10,13,15-18H2,1H3,(H,34,37)/t19?,23?,26-,27+,28?. The molecule has 3 atom stereocenters. The topological polar surface area (TPSA) is 58.6 Å². The SMILES string of the molecule is COc1ccc(CC2CCC(N3C[C@@H]4C(C(=O)NCC(=O)Cc5cccc(C(F)(F)F)c5)[C@@H]4C3)CC2)cc1. The molecule has 5 rings (SSSR count). The van der Waals surface area contributed by atoms with Crippen molar-refractivity contribution in [2.45, 2.75) is 50.7 Å². The third kappa shape index (κ3) is 6.22. The van der Waals surface area contributed by atoms with Gasteiger partial charge in [0, 0.05) is 31.5 Å². The number of methoxy groups -OCH3 is 1. The lowest BCUT2D eigenvalue weighted by Crippen LogP contribution is -2.40. The van der Waals surface area contributed by atoms with Gasteiger partial charge in [-0.05, 0) is 79.2 Å². The van der Waals surface area contributed by atoms with Gasteiger partial charge >= 0.3 is 6.18 Å². The van der Waals surface area contributed by atoms with Gasteiger partial charge in [-0.15, -0.1) is 0 Å². The molecule has 1 unspecified atom stereocenters. The Bertz CT molecular complexity index is 1130. The largest absolute Gasteiger partial charge is 0.497 e. The van der Waals surface area contributed by atoms with Gasteiger partial charge < -0.3 is 10.1 Å². The summed E-state index contributed by atoms with van der Waals surface area (Å²) in [6.07, 6.45) is 1.37. The Morgan fingerprint density at radius 1 is 0.974 bits per heavy atom. The fourth-order valence-electron chi connectivity index (χ4n) is 6.51. The molecule has 38 heavy (non-hydrogen) atoms. The van der Waals surface area contributed by atoms with Crippen molar-refractivity contribution in [3.8, 4) is 5.75 Å². The Morgan fingerprint density at radius 2 is 1.66 bits per heavy atom. The second-order valence-electron chi connectivity index (χ2n) is 11.2. The number of amides is 1. The first-order chi connectivity index (χ1) is 18.2. The summed E-state index contributed by atoms with van der Waals surface area (Å²) in [7, 11) is 1.68. The molecule has 2 aliphatic carbocycles. The third-order valence-electron chi connectivity index (χ3n) is 8.66. The maximum absolute atomic E-state index is 12.9. The van der Waals surface area contributed by atoms with Gasteiger partial charge in [0.1, 0.15) is 5.75 Å². The van der Waals surface area contributed by atoms with Gasteiger partial charge in [-0.3, -0.25) is 14.5 Å². The number of carbonyl (C=O) groups is 2. The molecule has 0 bridgehead atoms. The Hall–Kier alpha value is -2.87. The minimum Gasteiger partial charge on any atom is -0.497 e. The molecule has 0 aromatic heterocycles. The monoisotopic (exact) mass is 528 g/mol. The van der Waals surface area contributed by atoms with E-state index in [-0.39, 0.29) is 30.6 Å². The highest BCUT2D eigenvalue weighted by molar-refractivity contribution is 5.89. The van der Waals surface area contributed by atoms with Crippen molar-refractivity contribution >= 4 is 11.7 Å². The number of benzene rings is 2. The Balaban J connectivity index is 1.01. The molecule has 1 amide bonds. The highest BCUT2D eigenvalue weighted by Crippen LogP contribution is 2.53. The zero-order chi connectivity index (χ0) is 26.9. The third-order valence-corrected chi connectivity index (χ3v) is 8.66. The molecule has 2 aromatic carbocycles. The average molecular weight is 529 g/mol. The van der Waals surface area contributed by atoms with Crippen LogP contribution in [0.25, 0.3) is 0 Å². The minimum absolute atomic E-state index is 0.0426. The number of alkyl halides is 3. The number of carbonyl (C=O) groups excluding carboxylic acids is 2. The fraction of sp³-hybridized carbons (Fsp3) is 0.533. The summed E-state index contributed by atoms with van der Waals surface area (Å²) < 4.78 is 43.9. The van der Waals surface area contributed by atoms with Crippen LogP contribution in [0, 0.1) is 23.7 Å². The molecule has 0 radical (unpaired) electrons. The molecule has 5 nitrogen and oxygen atoms in total. The number of rotatable bonds is 9. The van der Waals surface area contributed by atoms with E-state index < -0.39 is 11.7 Å². The summed E-state index contributed by atoms with van der Waals surface area (Å²) in [6, 6.07) is 13.7. The number of ketones is 1. The van der Waals surface area contributed by atoms with Crippen LogP contribution in [0.1, 0.15) is 42.4 Å². The van der Waals surface area contributed by atoms with E-state index in [0.717, 1.165) is 37.4 Å². The van der Waals surface area contributed by atoms with Crippen molar-refractivity contribution in [1.29, 1.82) is 0 Å². The summed E-state index contributed by atoms with van der Waals surface area (Å²) in [5.41, 5.74) is 0.892. The van der Waals surface area contributed by atoms with E-state index in [2.05, 4.69) is 22.3 Å². The van der Waals surface area contributed by atoms with Crippen LogP contribution in [0.5, 0.6) is 5.75 Å². The normalized spacial score (nSPS) is 27.0. The van der Waals surface area contributed by atoms with Crippen molar-refractivity contribution in [2.24, 2.45) is 23.7 Å². The molecule has 1 saturated heterocycles. The first kappa shape index (κ1) is 26.7. The number of Topliss-reactive ketones (excluding diaryl/α,β-unsaturated/α-hetero) is 1. The number of hydrogen-bond acceptors (Lipinski definition) is 4. The lowest BCUT2D eigenvalue weighted by molar-refractivity contribution is -0.137. The van der Waals surface area contributed by atoms with Gasteiger partial charge in [0.05, 0.1) is 19.2 Å². The number of fused-ring (bicyclic) bond motifs is 1. The number of halogens is 3. The molecular formula is C30H35F3N2O3. The average Bonchev–Trinajstić information content (AvgIpc) is 3.41. The molecule has 1 heterocycles. The number of piperidine rings is 1. The van der Waals surface area contributed by atoms with Crippen molar-refractivity contribution in [2.75, 3.05) is 26.7 Å². The quantitative estimate of drug-likeness (QED) is 0.502. The Kier molecular flexibility index (Phi) is 7.80. The van der Waals surface area contributed by atoms with Crippen molar-refractivity contribution < 1.29 is 27.5 Å². The summed E-state index contributed by atoms with van der Waals surface area (Å²) in [4.78, 5) is 27.5. The van der Waals surface area contributed by atoms with Crippen molar-refractivity contribution in [3.63, 3.8) is 0 Å². The van der Waals surface area contributed by atoms with E-state index in [4.69, 9.17) is 4.74 Å². The van der Waals surface area contributed by atoms with Gasteiger partial charge in [0.25, 0.3) is 0 Å². The number of nitrogens with one attached hydrogen (secondary N) is 1. The minimum atomic E-state index is -4.44. The van der Waals surface area contributed by atoms with Crippen LogP contribution in [0.3, 0.4) is 0 Å². The molecule has 8 heteroatoms. The van der Waals surface area contributed by atoms with E-state index in [0.29, 0.717) is 29.4 Å². The summed E-state index contributed by atoms with van der Waals surface area (Å²) in [6.45, 7) is 1.73. The number of likely N-dealkylation sites (tertiary alicyclic amines) is 1. The molecule has 2 saturated carbocycles. The van der Waals surface area contributed by atoms with Crippen LogP contribution >= 0.6 is 0 Å². The molecule has 3 aliphatic rings. The lowest BCUT2D eigenvalue weighted by atomic mass is 9.82. The number of ether oxygens (including phenoxy) is 1. The highest BCUT2D eigenvalue weighted by atomic mass is 19.4. The Morgan fingerprint density at radius 3 is 2.29 bits per heavy atom. The molecule has 204 valence electrons. The molecule has 0 spiro atoms. The number of nitrogens with zero attached hydrogens (tertiary/aromatic N) is 1. The van der Waals surface area contributed by atoms with Crippen LogP contribution in [-0.4, -0.2) is 49.4 Å². The van der Waals surface area contributed by atoms with Crippen molar-refractivity contribution in [3.05, 3.63) is 65.2 Å². The maximum atomic E-state index is 12.9. The van der Waals surface area contributed by atoms with E-state index >= 15 is 0 Å². The maximum Gasteiger partial charge on any atom is 0.416 e. The van der Waals surface area contributed by atoms with Crippen LogP contribution in [0.2, 0.25) is 0 Å². The van der Waals surface area contributed by atoms with Crippen LogP contribution in [-0.2, 0) is 28.6 Å². The molecule has 1 aliphatic heterocycles. The van der Waals surface area contributed by atoms with E-state index in [9.17, 15) is 22.8 Å². The van der Waals surface area contributed by atoms with Crippen molar-refractivity contribution in [1.82, 2.24) is 10.2 Å². The first-order valence-corrected chi connectivity index (χ1v) is 13.5. The smallest absolute Gasteiger partial charge is 0.416 e. The number of hydrogen-bond donors (Lipinski definition) is 1. The van der Waals surface area contributed by atoms with E-state index in [1.54, 1.807) is 7.11 Å². The second-order valence-corrected chi connectivity index (χ2v) is 11.2. The summed E-state index contributed by atoms with van der Waals surface area (Å²) >= 11 is 0. The van der Waals surface area contributed by atoms with Gasteiger partial charge in [-0.25, -0.2) is 0 Å². The van der Waals surface area contributed by atoms with Gasteiger partial charge in [-0.1, -0.05) is 30.3 Å². The predicted molar refractivity (Wildman–Crippen MR) is 138 cm³/mol. The zero-order valence-corrected chi connectivity index (χ0v) is 21.7. The Labute approximate surface area is 221 Å². The molecular weight excluding hydrogens is 493 g/mol. The molecule has 1 N–H and O–H groups in total. The predicted octanol–water partition coefficient (Wildman–Crippen LogP) is 4.92. The van der Waals surface area contributed by atoms with Gasteiger partial charge in [-0.2, -0.15) is 13.2 Å². The summed E-state index contributed by atoms with van der Waals surface area (Å²) in [5, 5.41) is 2.73. The summed E-state index contributed by atoms with van der Waals surface area (Å²) in [5.74, 6) is 1.87. The van der Waals surface area contributed by atoms with Crippen LogP contribution in [0.15, 0.2) is 48.5 Å². The molecule has 2 aromatic rings. The fourth-order valence-corrected chi connectivity index (χ4v) is 6.51. The van der Waals surface area contributed by atoms with E-state index in [1.807, 2.05) is 12.1 Å². The van der Waals surface area contributed by atoms with Crippen LogP contribution in [0.4, 0.5) is 13.2 Å². The zero-order valence-electron chi connectivity index (χ0n) is 21.7. The van der Waals surface area contributed by atoms with Gasteiger partial charge in [0.15, 0.2) is 5.78 Å². The highest BCUT2D eigenvalue weighted by Gasteiger charge is 2.59. The van der Waals surface area contributed by atoms with Gasteiger partial charge in [0.2, 0.25) is 5.91 Å².